The summed E-state index contributed by atoms with van der Waals surface area (Å²) < 4.78 is 34.0. The zero-order valence-electron chi connectivity index (χ0n) is 19.9. The summed E-state index contributed by atoms with van der Waals surface area (Å²) in [6, 6.07) is 11.6. The van der Waals surface area contributed by atoms with Gasteiger partial charge in [-0.25, -0.2) is 23.1 Å². The van der Waals surface area contributed by atoms with E-state index in [2.05, 4.69) is 20.6 Å². The van der Waals surface area contributed by atoms with Crippen LogP contribution in [0, 0.1) is 18.6 Å². The van der Waals surface area contributed by atoms with Crippen LogP contribution >= 0.6 is 0 Å². The summed E-state index contributed by atoms with van der Waals surface area (Å²) in [6.45, 7) is 3.65. The highest BCUT2D eigenvalue weighted by Crippen LogP contribution is 2.29. The second-order valence-electron chi connectivity index (χ2n) is 8.61. The van der Waals surface area contributed by atoms with Gasteiger partial charge in [-0.3, -0.25) is 10.2 Å². The molecule has 2 atom stereocenters. The topological polar surface area (TPSA) is 109 Å². The van der Waals surface area contributed by atoms with Crippen LogP contribution in [0.3, 0.4) is 0 Å². The van der Waals surface area contributed by atoms with Crippen LogP contribution in [-0.2, 0) is 4.74 Å². The van der Waals surface area contributed by atoms with Crippen LogP contribution in [-0.4, -0.2) is 71.2 Å². The number of rotatable bonds is 8. The summed E-state index contributed by atoms with van der Waals surface area (Å²) in [5.41, 5.74) is 1.26. The second kappa shape index (κ2) is 10.8. The lowest BCUT2D eigenvalue weighted by atomic mass is 9.94. The van der Waals surface area contributed by atoms with Gasteiger partial charge in [-0.2, -0.15) is 5.10 Å². The number of benzene rings is 2. The Kier molecular flexibility index (Phi) is 7.61. The second-order valence-corrected chi connectivity index (χ2v) is 8.61. The minimum atomic E-state index is -1.21. The number of nitrogens with zero attached hydrogens (tertiary/aromatic N) is 3. The van der Waals surface area contributed by atoms with Gasteiger partial charge in [-0.15, -0.1) is 0 Å². The van der Waals surface area contributed by atoms with Gasteiger partial charge in [0, 0.05) is 38.2 Å². The summed E-state index contributed by atoms with van der Waals surface area (Å²) in [7, 11) is 1.59. The smallest absolute Gasteiger partial charge is 0.356 e. The van der Waals surface area contributed by atoms with Crippen molar-refractivity contribution in [2.24, 2.45) is 0 Å². The molecule has 1 fully saturated rings. The van der Waals surface area contributed by atoms with Gasteiger partial charge in [0.15, 0.2) is 17.3 Å². The Balaban J connectivity index is 1.58. The number of nitrogens with one attached hydrogen (secondary N) is 2. The first-order valence-corrected chi connectivity index (χ1v) is 11.4. The number of hydrogen-bond donors (Lipinski definition) is 3. The molecule has 2 amide bonds. The quantitative estimate of drug-likeness (QED) is 0.439. The summed E-state index contributed by atoms with van der Waals surface area (Å²) in [6.07, 6.45) is 0. The van der Waals surface area contributed by atoms with Gasteiger partial charge in [0.25, 0.3) is 0 Å². The molecule has 2 heterocycles. The molecule has 3 aromatic rings. The lowest BCUT2D eigenvalue weighted by molar-refractivity contribution is 0.0689. The number of carbonyl (C=O) groups excluding carboxylic acids is 1. The monoisotopic (exact) mass is 499 g/mol. The molecule has 190 valence electrons. The Labute approximate surface area is 206 Å². The third kappa shape index (κ3) is 5.37. The number of carboxylic acid groups (broad SMARTS) is 1. The Morgan fingerprint density at radius 2 is 1.89 bits per heavy atom. The Hall–Kier alpha value is -3.83. The molecule has 2 aromatic carbocycles. The van der Waals surface area contributed by atoms with Crippen molar-refractivity contribution in [3.8, 4) is 5.69 Å². The number of carboxylic acids is 1. The van der Waals surface area contributed by atoms with Crippen molar-refractivity contribution in [2.45, 2.75) is 18.9 Å². The number of likely N-dealkylation sites (tertiary alicyclic amines) is 1. The van der Waals surface area contributed by atoms with Crippen LogP contribution in [0.2, 0.25) is 0 Å². The average molecular weight is 500 g/mol. The molecule has 3 N–H and O–H groups in total. The van der Waals surface area contributed by atoms with Crippen LogP contribution in [0.5, 0.6) is 0 Å². The van der Waals surface area contributed by atoms with E-state index < -0.39 is 29.7 Å². The summed E-state index contributed by atoms with van der Waals surface area (Å²) in [4.78, 5) is 26.9. The molecule has 0 unspecified atom stereocenters. The molecule has 1 aromatic heterocycles. The molecule has 0 radical (unpaired) electrons. The van der Waals surface area contributed by atoms with Gasteiger partial charge in [0.1, 0.15) is 5.82 Å². The van der Waals surface area contributed by atoms with Crippen LogP contribution in [0.1, 0.15) is 27.5 Å². The number of carbonyl (C=O) groups is 2. The van der Waals surface area contributed by atoms with Gasteiger partial charge >= 0.3 is 12.0 Å². The van der Waals surface area contributed by atoms with E-state index in [1.165, 1.54) is 10.7 Å². The molecule has 0 spiro atoms. The molecule has 1 aliphatic heterocycles. The maximum absolute atomic E-state index is 14.0. The van der Waals surface area contributed by atoms with Crippen molar-refractivity contribution >= 4 is 17.8 Å². The van der Waals surface area contributed by atoms with Gasteiger partial charge < -0.3 is 15.2 Å². The first-order chi connectivity index (χ1) is 17.3. The van der Waals surface area contributed by atoms with E-state index in [1.807, 2.05) is 6.07 Å². The lowest BCUT2D eigenvalue weighted by Crippen LogP contribution is -2.42. The predicted molar refractivity (Wildman–Crippen MR) is 129 cm³/mol. The van der Waals surface area contributed by atoms with Gasteiger partial charge in [0.2, 0.25) is 0 Å². The largest absolute Gasteiger partial charge is 0.476 e. The third-order valence-electron chi connectivity index (χ3n) is 6.25. The number of anilines is 1. The number of halogens is 2. The average Bonchev–Trinajstić information content (AvgIpc) is 3.41. The molecule has 4 rings (SSSR count). The molecular formula is C25H27F2N5O4. The molecule has 0 aliphatic carbocycles. The van der Waals surface area contributed by atoms with Crippen LogP contribution in [0.15, 0.2) is 48.5 Å². The van der Waals surface area contributed by atoms with E-state index in [9.17, 15) is 23.5 Å². The minimum absolute atomic E-state index is 0.180. The molecule has 0 bridgehead atoms. The van der Waals surface area contributed by atoms with Crippen molar-refractivity contribution in [3.63, 3.8) is 0 Å². The van der Waals surface area contributed by atoms with E-state index in [4.69, 9.17) is 4.74 Å². The van der Waals surface area contributed by atoms with Crippen LogP contribution in [0.4, 0.5) is 19.4 Å². The number of para-hydroxylation sites is 1. The van der Waals surface area contributed by atoms with Crippen molar-refractivity contribution in [1.82, 2.24) is 20.0 Å². The molecule has 1 saturated heterocycles. The number of urea groups is 1. The first-order valence-electron chi connectivity index (χ1n) is 11.4. The molecule has 36 heavy (non-hydrogen) atoms. The van der Waals surface area contributed by atoms with Gasteiger partial charge in [-0.1, -0.05) is 24.3 Å². The van der Waals surface area contributed by atoms with Crippen molar-refractivity contribution in [1.29, 1.82) is 0 Å². The molecule has 1 aliphatic rings. The Morgan fingerprint density at radius 3 is 2.56 bits per heavy atom. The Bertz CT molecular complexity index is 1250. The highest BCUT2D eigenvalue weighted by molar-refractivity contribution is 5.94. The zero-order valence-corrected chi connectivity index (χ0v) is 19.9. The Morgan fingerprint density at radius 1 is 1.14 bits per heavy atom. The standard InChI is InChI=1S/C25H27F2N5O4/c1-15-22(24(33)34)30-32(17-6-4-3-5-7-17)23(15)29-25(35)28-21-14-31(10-11-36-2)13-18(21)16-8-9-19(26)20(27)12-16/h3-9,12,18,21H,10-11,13-14H2,1-2H3,(H,33,34)(H2,28,29,35)/t18-,21+/m0/s1. The third-order valence-corrected chi connectivity index (χ3v) is 6.25. The minimum Gasteiger partial charge on any atom is -0.476 e. The molecule has 0 saturated carbocycles. The fraction of sp³-hybridized carbons (Fsp3) is 0.320. The van der Waals surface area contributed by atoms with Crippen LogP contribution in [0.25, 0.3) is 5.69 Å². The molecular weight excluding hydrogens is 472 g/mol. The molecule has 9 nitrogen and oxygen atoms in total. The van der Waals surface area contributed by atoms with E-state index in [0.717, 1.165) is 12.1 Å². The van der Waals surface area contributed by atoms with E-state index in [-0.39, 0.29) is 17.4 Å². The normalized spacial score (nSPS) is 17.8. The number of aromatic nitrogens is 2. The van der Waals surface area contributed by atoms with Crippen molar-refractivity contribution in [3.05, 3.63) is 77.0 Å². The van der Waals surface area contributed by atoms with Crippen molar-refractivity contribution in [2.75, 3.05) is 38.7 Å². The number of ether oxygens (including phenoxy) is 1. The van der Waals surface area contributed by atoms with Crippen LogP contribution < -0.4 is 10.6 Å². The summed E-state index contributed by atoms with van der Waals surface area (Å²) in [5.74, 6) is -3.18. The number of methoxy groups -OCH3 is 1. The van der Waals surface area contributed by atoms with E-state index in [1.54, 1.807) is 38.3 Å². The number of aromatic carboxylic acids is 1. The highest BCUT2D eigenvalue weighted by Gasteiger charge is 2.35. The number of hydrogen-bond acceptors (Lipinski definition) is 5. The maximum Gasteiger partial charge on any atom is 0.356 e. The van der Waals surface area contributed by atoms with Gasteiger partial charge in [0.05, 0.1) is 18.3 Å². The first kappa shape index (κ1) is 25.3. The van der Waals surface area contributed by atoms with E-state index in [0.29, 0.717) is 43.1 Å². The summed E-state index contributed by atoms with van der Waals surface area (Å²) >= 11 is 0. The van der Waals surface area contributed by atoms with Crippen molar-refractivity contribution < 1.29 is 28.2 Å². The zero-order chi connectivity index (χ0) is 25.8. The predicted octanol–water partition coefficient (Wildman–Crippen LogP) is 3.39. The summed E-state index contributed by atoms with van der Waals surface area (Å²) in [5, 5.41) is 19.4. The van der Waals surface area contributed by atoms with Gasteiger partial charge in [-0.05, 0) is 36.8 Å². The molecule has 11 heteroatoms. The maximum atomic E-state index is 14.0. The highest BCUT2D eigenvalue weighted by atomic mass is 19.2. The lowest BCUT2D eigenvalue weighted by Gasteiger charge is -2.21. The number of amides is 2. The van der Waals surface area contributed by atoms with E-state index >= 15 is 0 Å². The fourth-order valence-electron chi connectivity index (χ4n) is 4.43. The SMILES string of the molecule is COCCN1C[C@@H](NC(=O)Nc2c(C)c(C(=O)O)nn2-c2ccccc2)[C@H](c2ccc(F)c(F)c2)C1. The fourth-order valence-corrected chi connectivity index (χ4v) is 4.43.